The highest BCUT2D eigenvalue weighted by molar-refractivity contribution is 6.43. The number of hydrogen-bond donors (Lipinski definition) is 3. The van der Waals surface area contributed by atoms with Crippen molar-refractivity contribution in [1.82, 2.24) is 5.43 Å². The fourth-order valence-electron chi connectivity index (χ4n) is 2.81. The predicted octanol–water partition coefficient (Wildman–Crippen LogP) is 4.63. The van der Waals surface area contributed by atoms with E-state index in [1.807, 2.05) is 0 Å². The van der Waals surface area contributed by atoms with E-state index in [0.717, 1.165) is 12.3 Å². The van der Waals surface area contributed by atoms with Crippen LogP contribution >= 0.6 is 23.2 Å². The normalized spacial score (nSPS) is 10.7. The molecule has 0 heterocycles. The average molecular weight is 503 g/mol. The number of nitrogens with one attached hydrogen (secondary N) is 2. The zero-order valence-electron chi connectivity index (χ0n) is 17.4. The van der Waals surface area contributed by atoms with E-state index < -0.39 is 16.7 Å². The lowest BCUT2D eigenvalue weighted by Crippen LogP contribution is -2.18. The van der Waals surface area contributed by atoms with Gasteiger partial charge in [0.1, 0.15) is 0 Å². The van der Waals surface area contributed by atoms with Crippen LogP contribution < -0.4 is 15.5 Å². The number of carbonyl (C=O) groups is 2. The van der Waals surface area contributed by atoms with Crippen LogP contribution in [0.2, 0.25) is 10.0 Å². The SMILES string of the molecule is COc1cc(Cl)c(Cl)c(/C=N/NC(=O)c2cccc(NC(=O)c3cccc([N+](=O)[O-])c3)c2)c1O. The van der Waals surface area contributed by atoms with Gasteiger partial charge in [-0.2, -0.15) is 5.10 Å². The van der Waals surface area contributed by atoms with Crippen LogP contribution in [0.4, 0.5) is 11.4 Å². The fourth-order valence-corrected chi connectivity index (χ4v) is 3.20. The second-order valence-corrected chi connectivity index (χ2v) is 7.46. The molecule has 0 unspecified atom stereocenters. The molecule has 0 aromatic heterocycles. The molecule has 2 amide bonds. The Morgan fingerprint density at radius 1 is 1.09 bits per heavy atom. The van der Waals surface area contributed by atoms with Crippen molar-refractivity contribution in [2.45, 2.75) is 0 Å². The Labute approximate surface area is 202 Å². The largest absolute Gasteiger partial charge is 0.504 e. The van der Waals surface area contributed by atoms with E-state index in [9.17, 15) is 24.8 Å². The standard InChI is InChI=1S/C22H16Cl2N4O6/c1-34-18-10-17(23)19(24)16(20(18)29)11-25-27-22(31)12-4-2-6-14(8-12)26-21(30)13-5-3-7-15(9-13)28(32)33/h2-11,29H,1H3,(H,26,30)(H,27,31)/b25-11+. The maximum atomic E-state index is 12.5. The molecule has 0 aliphatic rings. The Kier molecular flexibility index (Phi) is 7.67. The van der Waals surface area contributed by atoms with Gasteiger partial charge in [0, 0.05) is 35.0 Å². The molecule has 0 radical (unpaired) electrons. The molecule has 3 aromatic rings. The zero-order chi connectivity index (χ0) is 24.8. The summed E-state index contributed by atoms with van der Waals surface area (Å²) in [5, 5.41) is 27.6. The summed E-state index contributed by atoms with van der Waals surface area (Å²) in [5.41, 5.74) is 2.64. The number of ether oxygens (including phenoxy) is 1. The van der Waals surface area contributed by atoms with Gasteiger partial charge in [-0.3, -0.25) is 19.7 Å². The van der Waals surface area contributed by atoms with Gasteiger partial charge in [0.15, 0.2) is 11.5 Å². The third kappa shape index (κ3) is 5.61. The molecule has 0 fully saturated rings. The van der Waals surface area contributed by atoms with Gasteiger partial charge >= 0.3 is 0 Å². The van der Waals surface area contributed by atoms with Crippen molar-refractivity contribution in [3.63, 3.8) is 0 Å². The number of nitrogens with zero attached hydrogens (tertiary/aromatic N) is 2. The second-order valence-electron chi connectivity index (χ2n) is 6.68. The highest BCUT2D eigenvalue weighted by Gasteiger charge is 2.16. The van der Waals surface area contributed by atoms with Gasteiger partial charge in [-0.15, -0.1) is 0 Å². The van der Waals surface area contributed by atoms with Crippen molar-refractivity contribution in [2.75, 3.05) is 12.4 Å². The number of carbonyl (C=O) groups excluding carboxylic acids is 2. The quantitative estimate of drug-likeness (QED) is 0.244. The summed E-state index contributed by atoms with van der Waals surface area (Å²) in [6.07, 6.45) is 1.11. The molecule has 0 saturated carbocycles. The molecular formula is C22H16Cl2N4O6. The summed E-state index contributed by atoms with van der Waals surface area (Å²) < 4.78 is 5.00. The van der Waals surface area contributed by atoms with E-state index in [2.05, 4.69) is 15.8 Å². The first-order valence-electron chi connectivity index (χ1n) is 9.45. The van der Waals surface area contributed by atoms with Gasteiger partial charge in [-0.05, 0) is 24.3 Å². The van der Waals surface area contributed by atoms with Gasteiger partial charge < -0.3 is 15.2 Å². The Morgan fingerprint density at radius 3 is 2.44 bits per heavy atom. The lowest BCUT2D eigenvalue weighted by atomic mass is 10.1. The molecule has 0 saturated heterocycles. The van der Waals surface area contributed by atoms with Gasteiger partial charge in [0.2, 0.25) is 0 Å². The third-order valence-corrected chi connectivity index (χ3v) is 5.28. The molecule has 0 atom stereocenters. The third-order valence-electron chi connectivity index (χ3n) is 4.47. The minimum atomic E-state index is -0.618. The van der Waals surface area contributed by atoms with Crippen LogP contribution in [-0.4, -0.2) is 35.2 Å². The summed E-state index contributed by atoms with van der Waals surface area (Å²) in [5.74, 6) is -1.43. The summed E-state index contributed by atoms with van der Waals surface area (Å²) in [6, 6.07) is 12.5. The average Bonchev–Trinajstić information content (AvgIpc) is 2.83. The van der Waals surface area contributed by atoms with Crippen LogP contribution in [0.3, 0.4) is 0 Å². The molecule has 0 aliphatic carbocycles. The molecule has 0 aliphatic heterocycles. The Morgan fingerprint density at radius 2 is 1.76 bits per heavy atom. The lowest BCUT2D eigenvalue weighted by molar-refractivity contribution is -0.384. The first kappa shape index (κ1) is 24.5. The minimum Gasteiger partial charge on any atom is -0.504 e. The number of aromatic hydroxyl groups is 1. The number of nitro benzene ring substituents is 1. The number of hydrazone groups is 1. The zero-order valence-corrected chi connectivity index (χ0v) is 18.9. The van der Waals surface area contributed by atoms with Crippen LogP contribution in [0.1, 0.15) is 26.3 Å². The molecule has 3 rings (SSSR count). The van der Waals surface area contributed by atoms with Crippen molar-refractivity contribution in [3.8, 4) is 11.5 Å². The summed E-state index contributed by atoms with van der Waals surface area (Å²) >= 11 is 12.1. The molecule has 3 N–H and O–H groups in total. The highest BCUT2D eigenvalue weighted by Crippen LogP contribution is 2.39. The number of phenols is 1. The topological polar surface area (TPSA) is 143 Å². The molecule has 10 nitrogen and oxygen atoms in total. The molecule has 12 heteroatoms. The smallest absolute Gasteiger partial charge is 0.271 e. The van der Waals surface area contributed by atoms with Crippen LogP contribution in [0, 0.1) is 10.1 Å². The molecule has 0 spiro atoms. The maximum absolute atomic E-state index is 12.5. The summed E-state index contributed by atoms with van der Waals surface area (Å²) in [7, 11) is 1.34. The summed E-state index contributed by atoms with van der Waals surface area (Å²) in [4.78, 5) is 35.2. The number of halogens is 2. The van der Waals surface area contributed by atoms with Gasteiger partial charge in [0.25, 0.3) is 17.5 Å². The van der Waals surface area contributed by atoms with Crippen LogP contribution in [0.5, 0.6) is 11.5 Å². The van der Waals surface area contributed by atoms with E-state index in [1.54, 1.807) is 6.07 Å². The highest BCUT2D eigenvalue weighted by atomic mass is 35.5. The van der Waals surface area contributed by atoms with Crippen molar-refractivity contribution in [2.24, 2.45) is 5.10 Å². The summed E-state index contributed by atoms with van der Waals surface area (Å²) in [6.45, 7) is 0. The van der Waals surface area contributed by atoms with Crippen molar-refractivity contribution in [3.05, 3.63) is 91.4 Å². The number of rotatable bonds is 7. The molecule has 174 valence electrons. The van der Waals surface area contributed by atoms with Crippen molar-refractivity contribution < 1.29 is 24.4 Å². The van der Waals surface area contributed by atoms with Crippen molar-refractivity contribution in [1.29, 1.82) is 0 Å². The van der Waals surface area contributed by atoms with Crippen LogP contribution in [-0.2, 0) is 0 Å². The monoisotopic (exact) mass is 502 g/mol. The van der Waals surface area contributed by atoms with Crippen molar-refractivity contribution >= 4 is 52.6 Å². The second kappa shape index (κ2) is 10.6. The number of methoxy groups -OCH3 is 1. The number of phenolic OH excluding ortho intramolecular Hbond substituents is 1. The number of non-ortho nitro benzene ring substituents is 1. The van der Waals surface area contributed by atoms with Gasteiger partial charge in [-0.1, -0.05) is 35.3 Å². The lowest BCUT2D eigenvalue weighted by Gasteiger charge is -2.09. The van der Waals surface area contributed by atoms with Gasteiger partial charge in [0.05, 0.1) is 33.9 Å². The number of benzene rings is 3. The first-order valence-corrected chi connectivity index (χ1v) is 10.2. The number of anilines is 1. The predicted molar refractivity (Wildman–Crippen MR) is 127 cm³/mol. The molecular weight excluding hydrogens is 487 g/mol. The molecule has 0 bridgehead atoms. The number of hydrogen-bond acceptors (Lipinski definition) is 7. The number of nitro groups is 1. The first-order chi connectivity index (χ1) is 16.2. The Hall–Kier alpha value is -4.15. The number of amides is 2. The molecule has 3 aromatic carbocycles. The van der Waals surface area contributed by atoms with Crippen LogP contribution in [0.25, 0.3) is 0 Å². The van der Waals surface area contributed by atoms with Gasteiger partial charge in [-0.25, -0.2) is 5.43 Å². The van der Waals surface area contributed by atoms with E-state index in [4.69, 9.17) is 27.9 Å². The Balaban J connectivity index is 1.72. The van der Waals surface area contributed by atoms with E-state index in [1.165, 1.54) is 49.6 Å². The fraction of sp³-hybridized carbons (Fsp3) is 0.0455. The molecule has 34 heavy (non-hydrogen) atoms. The van der Waals surface area contributed by atoms with E-state index in [0.29, 0.717) is 0 Å². The van der Waals surface area contributed by atoms with Crippen LogP contribution in [0.15, 0.2) is 59.7 Å². The minimum absolute atomic E-state index is 0.0174. The maximum Gasteiger partial charge on any atom is 0.271 e. The Bertz CT molecular complexity index is 1310. The van der Waals surface area contributed by atoms with E-state index >= 15 is 0 Å². The van der Waals surface area contributed by atoms with E-state index in [-0.39, 0.29) is 49.6 Å².